The van der Waals surface area contributed by atoms with Crippen LogP contribution in [0.4, 0.5) is 4.39 Å². The lowest BCUT2D eigenvalue weighted by atomic mass is 10.2. The first-order chi connectivity index (χ1) is 11.0. The van der Waals surface area contributed by atoms with Gasteiger partial charge in [0.1, 0.15) is 16.5 Å². The lowest BCUT2D eigenvalue weighted by Gasteiger charge is -2.10. The fraction of sp³-hybridized carbons (Fsp3) is 0.200. The van der Waals surface area contributed by atoms with Crippen LogP contribution in [-0.2, 0) is 10.1 Å². The van der Waals surface area contributed by atoms with Crippen molar-refractivity contribution in [3.8, 4) is 5.75 Å². The molecule has 0 N–H and O–H groups in total. The highest BCUT2D eigenvalue weighted by Gasteiger charge is 2.20. The molecule has 1 aliphatic rings. The number of rotatable bonds is 4. The average Bonchev–Trinajstić information content (AvgIpc) is 3.04. The molecule has 1 fully saturated rings. The minimum Gasteiger partial charge on any atom is -0.379 e. The zero-order chi connectivity index (χ0) is 16.4. The summed E-state index contributed by atoms with van der Waals surface area (Å²) in [4.78, 5) is -0.185. The van der Waals surface area contributed by atoms with Crippen LogP contribution in [0.1, 0.15) is 10.1 Å². The van der Waals surface area contributed by atoms with Crippen molar-refractivity contribution in [1.29, 1.82) is 0 Å². The normalized spacial score (nSPS) is 15.7. The van der Waals surface area contributed by atoms with Crippen LogP contribution in [0.5, 0.6) is 5.75 Å². The standard InChI is InChI=1S/C15H12ClFO3S3/c16-13-9-12(5-6-14(13)17)23(18,19)20-11-3-1-10(2-4-11)15-21-7-8-22-15/h1-6,9,15H,7-8H2. The Balaban J connectivity index is 1.78. The Bertz CT molecular complexity index is 803. The van der Waals surface area contributed by atoms with Crippen LogP contribution in [0.15, 0.2) is 47.4 Å². The molecule has 1 saturated heterocycles. The molecule has 3 rings (SSSR count). The highest BCUT2D eigenvalue weighted by Crippen LogP contribution is 2.45. The zero-order valence-electron chi connectivity index (χ0n) is 11.7. The quantitative estimate of drug-likeness (QED) is 0.706. The number of halogens is 2. The minimum absolute atomic E-state index is 0.185. The van der Waals surface area contributed by atoms with Gasteiger partial charge in [-0.1, -0.05) is 23.7 Å². The smallest absolute Gasteiger partial charge is 0.339 e. The van der Waals surface area contributed by atoms with E-state index >= 15 is 0 Å². The van der Waals surface area contributed by atoms with Gasteiger partial charge in [-0.25, -0.2) is 4.39 Å². The Morgan fingerprint density at radius 2 is 1.74 bits per heavy atom. The summed E-state index contributed by atoms with van der Waals surface area (Å²) in [7, 11) is -4.05. The summed E-state index contributed by atoms with van der Waals surface area (Å²) in [5.74, 6) is 1.77. The van der Waals surface area contributed by atoms with Crippen molar-refractivity contribution in [2.75, 3.05) is 11.5 Å². The second-order valence-corrected chi connectivity index (χ2v) is 9.43. The van der Waals surface area contributed by atoms with Gasteiger partial charge < -0.3 is 4.18 Å². The maximum Gasteiger partial charge on any atom is 0.339 e. The van der Waals surface area contributed by atoms with Crippen LogP contribution < -0.4 is 4.18 Å². The summed E-state index contributed by atoms with van der Waals surface area (Å²) in [6, 6.07) is 10.1. The van der Waals surface area contributed by atoms with E-state index in [2.05, 4.69) is 0 Å². The molecule has 0 atom stereocenters. The molecule has 0 bridgehead atoms. The summed E-state index contributed by atoms with van der Waals surface area (Å²) in [6.45, 7) is 0. The molecule has 1 heterocycles. The van der Waals surface area contributed by atoms with Crippen molar-refractivity contribution < 1.29 is 17.0 Å². The van der Waals surface area contributed by atoms with Gasteiger partial charge in [-0.15, -0.1) is 23.5 Å². The molecule has 0 aliphatic carbocycles. The van der Waals surface area contributed by atoms with E-state index in [1.165, 1.54) is 0 Å². The molecule has 0 radical (unpaired) electrons. The molecule has 2 aromatic carbocycles. The molecule has 3 nitrogen and oxygen atoms in total. The Morgan fingerprint density at radius 1 is 1.09 bits per heavy atom. The van der Waals surface area contributed by atoms with Crippen LogP contribution in [0, 0.1) is 5.82 Å². The van der Waals surface area contributed by atoms with Crippen LogP contribution in [0.25, 0.3) is 0 Å². The Hall–Kier alpha value is -0.890. The predicted molar refractivity (Wildman–Crippen MR) is 93.3 cm³/mol. The third kappa shape index (κ3) is 3.96. The number of hydrogen-bond donors (Lipinski definition) is 0. The van der Waals surface area contributed by atoms with Crippen molar-refractivity contribution in [2.24, 2.45) is 0 Å². The van der Waals surface area contributed by atoms with Crippen LogP contribution in [0.2, 0.25) is 5.02 Å². The maximum absolute atomic E-state index is 13.1. The van der Waals surface area contributed by atoms with Crippen molar-refractivity contribution in [1.82, 2.24) is 0 Å². The molecule has 1 aliphatic heterocycles. The third-order valence-corrected chi connectivity index (χ3v) is 7.80. The molecule has 23 heavy (non-hydrogen) atoms. The van der Waals surface area contributed by atoms with Crippen molar-refractivity contribution in [2.45, 2.75) is 9.48 Å². The van der Waals surface area contributed by atoms with Crippen LogP contribution >= 0.6 is 35.1 Å². The fourth-order valence-corrected chi connectivity index (χ4v) is 6.10. The zero-order valence-corrected chi connectivity index (χ0v) is 14.9. The summed E-state index contributed by atoms with van der Waals surface area (Å²) in [5.41, 5.74) is 1.13. The third-order valence-electron chi connectivity index (χ3n) is 3.16. The molecule has 0 amide bonds. The molecule has 0 unspecified atom stereocenters. The highest BCUT2D eigenvalue weighted by molar-refractivity contribution is 8.19. The van der Waals surface area contributed by atoms with E-state index in [1.807, 2.05) is 35.7 Å². The summed E-state index contributed by atoms with van der Waals surface area (Å²) in [5, 5.41) is -0.264. The monoisotopic (exact) mass is 390 g/mol. The van der Waals surface area contributed by atoms with Gasteiger partial charge >= 0.3 is 10.1 Å². The van der Waals surface area contributed by atoms with Gasteiger partial charge in [-0.05, 0) is 35.9 Å². The molecule has 0 spiro atoms. The van der Waals surface area contributed by atoms with Gasteiger partial charge in [0.15, 0.2) is 0 Å². The number of hydrogen-bond acceptors (Lipinski definition) is 5. The Morgan fingerprint density at radius 3 is 2.35 bits per heavy atom. The Labute approximate surface area is 147 Å². The number of benzene rings is 2. The summed E-state index contributed by atoms with van der Waals surface area (Å²) >= 11 is 9.35. The Kier molecular flexibility index (Phi) is 5.10. The number of thioether (sulfide) groups is 2. The average molecular weight is 391 g/mol. The van der Waals surface area contributed by atoms with Gasteiger partial charge in [0.2, 0.25) is 0 Å². The SMILES string of the molecule is O=S(=O)(Oc1ccc(C2SCCS2)cc1)c1ccc(F)c(Cl)c1. The van der Waals surface area contributed by atoms with E-state index in [9.17, 15) is 12.8 Å². The second kappa shape index (κ2) is 6.93. The van der Waals surface area contributed by atoms with E-state index in [0.717, 1.165) is 35.3 Å². The van der Waals surface area contributed by atoms with E-state index in [4.69, 9.17) is 15.8 Å². The van der Waals surface area contributed by atoms with Crippen LogP contribution in [0.3, 0.4) is 0 Å². The van der Waals surface area contributed by atoms with Crippen molar-refractivity contribution in [3.05, 3.63) is 58.9 Å². The topological polar surface area (TPSA) is 43.4 Å². The highest BCUT2D eigenvalue weighted by atomic mass is 35.5. The van der Waals surface area contributed by atoms with Gasteiger partial charge in [0, 0.05) is 11.5 Å². The summed E-state index contributed by atoms with van der Waals surface area (Å²) < 4.78 is 43.0. The largest absolute Gasteiger partial charge is 0.379 e. The fourth-order valence-electron chi connectivity index (χ4n) is 2.04. The lowest BCUT2D eigenvalue weighted by Crippen LogP contribution is -2.10. The van der Waals surface area contributed by atoms with E-state index in [-0.39, 0.29) is 15.7 Å². The minimum atomic E-state index is -4.05. The van der Waals surface area contributed by atoms with Crippen molar-refractivity contribution >= 4 is 45.2 Å². The first-order valence-electron chi connectivity index (χ1n) is 6.68. The first-order valence-corrected chi connectivity index (χ1v) is 10.6. The molecule has 122 valence electrons. The van der Waals surface area contributed by atoms with E-state index in [1.54, 1.807) is 12.1 Å². The molecule has 8 heteroatoms. The lowest BCUT2D eigenvalue weighted by molar-refractivity contribution is 0.485. The molecule has 0 saturated carbocycles. The van der Waals surface area contributed by atoms with Gasteiger partial charge in [-0.3, -0.25) is 0 Å². The van der Waals surface area contributed by atoms with E-state index < -0.39 is 15.9 Å². The maximum atomic E-state index is 13.1. The molecule has 2 aromatic rings. The molecule has 0 aromatic heterocycles. The molecular weight excluding hydrogens is 379 g/mol. The van der Waals surface area contributed by atoms with Crippen molar-refractivity contribution in [3.63, 3.8) is 0 Å². The second-order valence-electron chi connectivity index (χ2n) is 4.76. The van der Waals surface area contributed by atoms with Gasteiger partial charge in [0.05, 0.1) is 9.60 Å². The molecular formula is C15H12ClFO3S3. The van der Waals surface area contributed by atoms with Gasteiger partial charge in [-0.2, -0.15) is 8.42 Å². The predicted octanol–water partition coefficient (Wildman–Crippen LogP) is 4.73. The van der Waals surface area contributed by atoms with E-state index in [0.29, 0.717) is 4.58 Å². The summed E-state index contributed by atoms with van der Waals surface area (Å²) in [6.07, 6.45) is 0. The first kappa shape index (κ1) is 17.0. The van der Waals surface area contributed by atoms with Crippen LogP contribution in [-0.4, -0.2) is 19.9 Å². The van der Waals surface area contributed by atoms with Gasteiger partial charge in [0.25, 0.3) is 0 Å².